The summed E-state index contributed by atoms with van der Waals surface area (Å²) in [6.45, 7) is 5.10. The quantitative estimate of drug-likeness (QED) is 0.844. The van der Waals surface area contributed by atoms with Crippen LogP contribution >= 0.6 is 11.8 Å². The molecule has 2 N–H and O–H groups in total. The summed E-state index contributed by atoms with van der Waals surface area (Å²) in [6, 6.07) is 5.77. The average Bonchev–Trinajstić information content (AvgIpc) is 2.47. The molecule has 0 spiro atoms. The molecule has 1 saturated heterocycles. The van der Waals surface area contributed by atoms with Crippen LogP contribution in [-0.4, -0.2) is 56.0 Å². The maximum Gasteiger partial charge on any atom is 0.237 e. The summed E-state index contributed by atoms with van der Waals surface area (Å²) >= 11 is 1.57. The van der Waals surface area contributed by atoms with Crippen LogP contribution in [0.1, 0.15) is 0 Å². The molecule has 1 amide bonds. The highest BCUT2D eigenvalue weighted by molar-refractivity contribution is 8.00. The minimum atomic E-state index is 0.181. The number of nitrogen functional groups attached to an aromatic ring is 1. The zero-order valence-corrected chi connectivity index (χ0v) is 12.2. The number of morpholine rings is 1. The van der Waals surface area contributed by atoms with Crippen molar-refractivity contribution in [3.63, 3.8) is 0 Å². The second kappa shape index (κ2) is 6.03. The van der Waals surface area contributed by atoms with Gasteiger partial charge in [0.05, 0.1) is 24.7 Å². The maximum atomic E-state index is 12.1. The number of amides is 1. The smallest absolute Gasteiger partial charge is 0.237 e. The Labute approximate surface area is 123 Å². The predicted octanol–water partition coefficient (Wildman–Crippen LogP) is 1.04. The van der Waals surface area contributed by atoms with E-state index in [1.807, 2.05) is 23.1 Å². The first-order chi connectivity index (χ1) is 9.74. The summed E-state index contributed by atoms with van der Waals surface area (Å²) < 4.78 is 5.34. The van der Waals surface area contributed by atoms with Gasteiger partial charge in [0, 0.05) is 36.8 Å². The van der Waals surface area contributed by atoms with Gasteiger partial charge in [-0.2, -0.15) is 0 Å². The lowest BCUT2D eigenvalue weighted by Gasteiger charge is -2.32. The summed E-state index contributed by atoms with van der Waals surface area (Å²) in [4.78, 5) is 17.5. The molecular formula is C14H19N3O2S. The molecule has 108 valence electrons. The van der Waals surface area contributed by atoms with Crippen LogP contribution in [0.5, 0.6) is 0 Å². The molecule has 1 aromatic rings. The van der Waals surface area contributed by atoms with Crippen molar-refractivity contribution in [3.8, 4) is 0 Å². The van der Waals surface area contributed by atoms with Crippen LogP contribution in [0.3, 0.4) is 0 Å². The Hall–Kier alpha value is -1.24. The van der Waals surface area contributed by atoms with Crippen LogP contribution in [0.25, 0.3) is 0 Å². The van der Waals surface area contributed by atoms with Gasteiger partial charge in [-0.1, -0.05) is 0 Å². The van der Waals surface area contributed by atoms with Crippen molar-refractivity contribution in [1.29, 1.82) is 0 Å². The molecule has 20 heavy (non-hydrogen) atoms. The molecule has 0 radical (unpaired) electrons. The molecule has 0 saturated carbocycles. The average molecular weight is 293 g/mol. The first-order valence-electron chi connectivity index (χ1n) is 6.87. The minimum Gasteiger partial charge on any atom is -0.399 e. The van der Waals surface area contributed by atoms with Crippen molar-refractivity contribution in [1.82, 2.24) is 4.90 Å². The third kappa shape index (κ3) is 2.92. The van der Waals surface area contributed by atoms with Gasteiger partial charge in [0.1, 0.15) is 0 Å². The van der Waals surface area contributed by atoms with Crippen molar-refractivity contribution in [2.24, 2.45) is 0 Å². The van der Waals surface area contributed by atoms with E-state index in [1.54, 1.807) is 11.8 Å². The van der Waals surface area contributed by atoms with E-state index in [0.29, 0.717) is 5.75 Å². The number of carbonyl (C=O) groups is 1. The third-order valence-electron chi connectivity index (χ3n) is 3.67. The van der Waals surface area contributed by atoms with Gasteiger partial charge >= 0.3 is 0 Å². The lowest BCUT2D eigenvalue weighted by molar-refractivity contribution is -0.116. The van der Waals surface area contributed by atoms with Crippen molar-refractivity contribution in [2.75, 3.05) is 55.8 Å². The van der Waals surface area contributed by atoms with Gasteiger partial charge in [0.2, 0.25) is 5.91 Å². The number of benzene rings is 1. The van der Waals surface area contributed by atoms with Crippen molar-refractivity contribution >= 4 is 29.0 Å². The Morgan fingerprint density at radius 3 is 2.85 bits per heavy atom. The van der Waals surface area contributed by atoms with Gasteiger partial charge in [-0.3, -0.25) is 9.69 Å². The third-order valence-corrected chi connectivity index (χ3v) is 4.70. The van der Waals surface area contributed by atoms with Crippen molar-refractivity contribution in [2.45, 2.75) is 4.90 Å². The first kappa shape index (κ1) is 13.7. The van der Waals surface area contributed by atoms with E-state index in [1.165, 1.54) is 0 Å². The molecule has 2 heterocycles. The van der Waals surface area contributed by atoms with Crippen molar-refractivity contribution < 1.29 is 9.53 Å². The molecule has 2 aliphatic heterocycles. The molecule has 3 rings (SSSR count). The van der Waals surface area contributed by atoms with Crippen LogP contribution in [0.2, 0.25) is 0 Å². The van der Waals surface area contributed by atoms with E-state index in [4.69, 9.17) is 10.5 Å². The number of hydrogen-bond donors (Lipinski definition) is 1. The topological polar surface area (TPSA) is 58.8 Å². The molecular weight excluding hydrogens is 274 g/mol. The summed E-state index contributed by atoms with van der Waals surface area (Å²) in [7, 11) is 0. The molecule has 1 aromatic carbocycles. The van der Waals surface area contributed by atoms with E-state index in [0.717, 1.165) is 55.7 Å². The molecule has 0 unspecified atom stereocenters. The number of thioether (sulfide) groups is 1. The van der Waals surface area contributed by atoms with Gasteiger partial charge < -0.3 is 15.4 Å². The first-order valence-corrected chi connectivity index (χ1v) is 7.85. The Bertz CT molecular complexity index is 503. The van der Waals surface area contributed by atoms with E-state index in [-0.39, 0.29) is 5.91 Å². The van der Waals surface area contributed by atoms with Gasteiger partial charge in [-0.15, -0.1) is 11.8 Å². The molecule has 2 aliphatic rings. The van der Waals surface area contributed by atoms with E-state index < -0.39 is 0 Å². The Morgan fingerprint density at radius 2 is 2.05 bits per heavy atom. The number of anilines is 2. The highest BCUT2D eigenvalue weighted by Gasteiger charge is 2.25. The minimum absolute atomic E-state index is 0.181. The maximum absolute atomic E-state index is 12.1. The predicted molar refractivity (Wildman–Crippen MR) is 81.2 cm³/mol. The molecule has 5 nitrogen and oxygen atoms in total. The molecule has 1 fully saturated rings. The summed E-state index contributed by atoms with van der Waals surface area (Å²) in [5.74, 6) is 0.681. The van der Waals surface area contributed by atoms with E-state index in [2.05, 4.69) is 4.90 Å². The van der Waals surface area contributed by atoms with Crippen LogP contribution in [0.4, 0.5) is 11.4 Å². The number of rotatable bonds is 3. The molecule has 6 heteroatoms. The van der Waals surface area contributed by atoms with E-state index >= 15 is 0 Å². The Kier molecular flexibility index (Phi) is 4.14. The zero-order chi connectivity index (χ0) is 13.9. The molecule has 0 bridgehead atoms. The standard InChI is InChI=1S/C14H19N3O2S/c15-11-1-2-12-13(9-11)20-10-14(18)17(12)4-3-16-5-7-19-8-6-16/h1-2,9H,3-8,10,15H2. The van der Waals surface area contributed by atoms with Gasteiger partial charge in [-0.05, 0) is 18.2 Å². The highest BCUT2D eigenvalue weighted by atomic mass is 32.2. The monoisotopic (exact) mass is 293 g/mol. The van der Waals surface area contributed by atoms with E-state index in [9.17, 15) is 4.79 Å². The van der Waals surface area contributed by atoms with Gasteiger partial charge in [0.25, 0.3) is 0 Å². The fourth-order valence-electron chi connectivity index (χ4n) is 2.53. The number of carbonyl (C=O) groups excluding carboxylic acids is 1. The Morgan fingerprint density at radius 1 is 1.25 bits per heavy atom. The van der Waals surface area contributed by atoms with Gasteiger partial charge in [0.15, 0.2) is 0 Å². The molecule has 0 aliphatic carbocycles. The number of fused-ring (bicyclic) bond motifs is 1. The normalized spacial score (nSPS) is 20.0. The largest absolute Gasteiger partial charge is 0.399 e. The highest BCUT2D eigenvalue weighted by Crippen LogP contribution is 2.36. The van der Waals surface area contributed by atoms with Crippen LogP contribution in [0, 0.1) is 0 Å². The molecule has 0 aromatic heterocycles. The van der Waals surface area contributed by atoms with Crippen LogP contribution in [-0.2, 0) is 9.53 Å². The second-order valence-corrected chi connectivity index (χ2v) is 6.03. The molecule has 0 atom stereocenters. The summed E-state index contributed by atoms with van der Waals surface area (Å²) in [5.41, 5.74) is 7.56. The lowest BCUT2D eigenvalue weighted by atomic mass is 10.2. The lowest BCUT2D eigenvalue weighted by Crippen LogP contribution is -2.44. The number of nitrogens with two attached hydrogens (primary N) is 1. The second-order valence-electron chi connectivity index (χ2n) is 5.02. The fourth-order valence-corrected chi connectivity index (χ4v) is 3.51. The SMILES string of the molecule is Nc1ccc2c(c1)SCC(=O)N2CCN1CCOCC1. The number of ether oxygens (including phenoxy) is 1. The number of nitrogens with zero attached hydrogens (tertiary/aromatic N) is 2. The summed E-state index contributed by atoms with van der Waals surface area (Å²) in [5, 5.41) is 0. The van der Waals surface area contributed by atoms with Crippen LogP contribution in [0.15, 0.2) is 23.1 Å². The number of hydrogen-bond acceptors (Lipinski definition) is 5. The van der Waals surface area contributed by atoms with Crippen LogP contribution < -0.4 is 10.6 Å². The van der Waals surface area contributed by atoms with Gasteiger partial charge in [-0.25, -0.2) is 0 Å². The Balaban J connectivity index is 1.70. The fraction of sp³-hybridized carbons (Fsp3) is 0.500. The van der Waals surface area contributed by atoms with Crippen molar-refractivity contribution in [3.05, 3.63) is 18.2 Å². The zero-order valence-electron chi connectivity index (χ0n) is 11.4. The summed E-state index contributed by atoms with van der Waals surface area (Å²) in [6.07, 6.45) is 0.